The average molecular weight is 509 g/mol. The predicted molar refractivity (Wildman–Crippen MR) is 135 cm³/mol. The summed E-state index contributed by atoms with van der Waals surface area (Å²) in [6, 6.07) is 15.5. The summed E-state index contributed by atoms with van der Waals surface area (Å²) < 4.78 is 1.49. The summed E-state index contributed by atoms with van der Waals surface area (Å²) >= 11 is 7.77. The second-order valence-corrected chi connectivity index (χ2v) is 9.01. The van der Waals surface area contributed by atoms with Crippen molar-refractivity contribution in [2.24, 2.45) is 0 Å². The molecule has 0 fully saturated rings. The number of carbonyl (C=O) groups excluding carboxylic acids is 1. The van der Waals surface area contributed by atoms with E-state index >= 15 is 0 Å². The van der Waals surface area contributed by atoms with E-state index in [2.05, 4.69) is 26.2 Å². The van der Waals surface area contributed by atoms with Gasteiger partial charge >= 0.3 is 5.97 Å². The summed E-state index contributed by atoms with van der Waals surface area (Å²) in [5.41, 5.74) is 2.35. The minimum Gasteiger partial charge on any atom is -0.478 e. The third-order valence-electron chi connectivity index (χ3n) is 5.06. The molecule has 0 unspecified atom stereocenters. The third-order valence-corrected chi connectivity index (χ3v) is 6.19. The Bertz CT molecular complexity index is 1310. The molecule has 1 atom stereocenters. The summed E-state index contributed by atoms with van der Waals surface area (Å²) in [5, 5.41) is 29.1. The Labute approximate surface area is 210 Å². The van der Waals surface area contributed by atoms with Crippen molar-refractivity contribution in [1.29, 1.82) is 0 Å². The molecule has 0 aliphatic carbocycles. The summed E-state index contributed by atoms with van der Waals surface area (Å²) in [5.74, 6) is -1.24. The van der Waals surface area contributed by atoms with E-state index in [1.807, 2.05) is 17.5 Å². The van der Waals surface area contributed by atoms with Gasteiger partial charge in [0.1, 0.15) is 6.33 Å². The smallest absolute Gasteiger partial charge is 0.335 e. The van der Waals surface area contributed by atoms with Gasteiger partial charge in [0, 0.05) is 40.2 Å². The molecule has 11 heteroatoms. The highest BCUT2D eigenvalue weighted by Crippen LogP contribution is 2.20. The van der Waals surface area contributed by atoms with Crippen LogP contribution in [0.3, 0.4) is 0 Å². The molecular weight excluding hydrogens is 488 g/mol. The van der Waals surface area contributed by atoms with Gasteiger partial charge in [-0.2, -0.15) is 4.68 Å². The minimum absolute atomic E-state index is 0.205. The molecule has 2 aromatic carbocycles. The maximum Gasteiger partial charge on any atom is 0.335 e. The van der Waals surface area contributed by atoms with Crippen LogP contribution in [-0.4, -0.2) is 49.8 Å². The van der Waals surface area contributed by atoms with E-state index in [0.29, 0.717) is 29.2 Å². The first kappa shape index (κ1) is 24.1. The van der Waals surface area contributed by atoms with Crippen molar-refractivity contribution in [2.45, 2.75) is 12.5 Å². The van der Waals surface area contributed by atoms with Crippen LogP contribution in [0.4, 0.5) is 5.69 Å². The lowest BCUT2D eigenvalue weighted by molar-refractivity contribution is -0.117. The van der Waals surface area contributed by atoms with Crippen molar-refractivity contribution in [3.8, 4) is 5.69 Å². The number of aromatic nitrogens is 4. The van der Waals surface area contributed by atoms with Crippen LogP contribution in [0.1, 0.15) is 20.8 Å². The van der Waals surface area contributed by atoms with Gasteiger partial charge in [-0.05, 0) is 70.4 Å². The Morgan fingerprint density at radius 2 is 2.00 bits per heavy atom. The van der Waals surface area contributed by atoms with E-state index in [9.17, 15) is 9.59 Å². The van der Waals surface area contributed by atoms with Crippen molar-refractivity contribution in [1.82, 2.24) is 25.5 Å². The molecule has 0 aliphatic rings. The molecule has 3 N–H and O–H groups in total. The first-order valence-corrected chi connectivity index (χ1v) is 11.8. The van der Waals surface area contributed by atoms with Crippen molar-refractivity contribution in [3.05, 3.63) is 93.4 Å². The fraction of sp³-hybridized carbons (Fsp3) is 0.125. The molecule has 9 nitrogen and oxygen atoms in total. The topological polar surface area (TPSA) is 122 Å². The number of benzene rings is 2. The Balaban J connectivity index is 1.45. The standard InChI is InChI=1S/C24H21ClN6O3S/c25-18-6-9-22(31-15-27-29-30-31)17(12-18)5-10-23(32)28-20(13-21-2-1-11-35-21)14-26-19-7-3-16(4-8-19)24(33)34/h1-12,15,20,26H,13-14H2,(H,28,32)(H,33,34)/b10-5+/t20-/m0/s1. The number of aromatic carboxylic acids is 1. The second kappa shape index (κ2) is 11.4. The van der Waals surface area contributed by atoms with E-state index < -0.39 is 5.97 Å². The normalized spacial score (nSPS) is 11.9. The number of thiophene rings is 1. The molecule has 2 heterocycles. The van der Waals surface area contributed by atoms with Crippen molar-refractivity contribution in [2.75, 3.05) is 11.9 Å². The Kier molecular flexibility index (Phi) is 7.86. The van der Waals surface area contributed by atoms with Crippen LogP contribution in [0.15, 0.2) is 72.4 Å². The van der Waals surface area contributed by atoms with Crippen LogP contribution >= 0.6 is 22.9 Å². The number of hydrogen-bond donors (Lipinski definition) is 3. The van der Waals surface area contributed by atoms with Gasteiger partial charge in [0.15, 0.2) is 0 Å². The third kappa shape index (κ3) is 6.75. The van der Waals surface area contributed by atoms with Crippen LogP contribution in [0.5, 0.6) is 0 Å². The molecule has 0 aliphatic heterocycles. The fourth-order valence-electron chi connectivity index (χ4n) is 3.37. The van der Waals surface area contributed by atoms with Gasteiger partial charge in [-0.25, -0.2) is 4.79 Å². The lowest BCUT2D eigenvalue weighted by Gasteiger charge is -2.19. The zero-order chi connectivity index (χ0) is 24.6. The number of carboxylic acids is 1. The maximum atomic E-state index is 12.8. The SMILES string of the molecule is O=C(/C=C/c1cc(Cl)ccc1-n1cnnn1)N[C@H](CNc1ccc(C(=O)O)cc1)Cc1cccs1. The van der Waals surface area contributed by atoms with Crippen LogP contribution < -0.4 is 10.6 Å². The predicted octanol–water partition coefficient (Wildman–Crippen LogP) is 3.93. The van der Waals surface area contributed by atoms with Gasteiger partial charge in [-0.3, -0.25) is 4.79 Å². The lowest BCUT2D eigenvalue weighted by atomic mass is 10.1. The average Bonchev–Trinajstić information content (AvgIpc) is 3.56. The van der Waals surface area contributed by atoms with Gasteiger partial charge in [0.05, 0.1) is 17.3 Å². The fourth-order valence-corrected chi connectivity index (χ4v) is 4.34. The molecule has 0 bridgehead atoms. The molecule has 178 valence electrons. The monoisotopic (exact) mass is 508 g/mol. The van der Waals surface area contributed by atoms with Gasteiger partial charge in [-0.15, -0.1) is 16.4 Å². The Morgan fingerprint density at radius 1 is 1.17 bits per heavy atom. The number of hydrogen-bond acceptors (Lipinski definition) is 7. The van der Waals surface area contributed by atoms with Crippen molar-refractivity contribution < 1.29 is 14.7 Å². The number of tetrazole rings is 1. The van der Waals surface area contributed by atoms with E-state index in [1.54, 1.807) is 47.7 Å². The van der Waals surface area contributed by atoms with E-state index in [-0.39, 0.29) is 17.5 Å². The van der Waals surface area contributed by atoms with Crippen LogP contribution in [0.2, 0.25) is 5.02 Å². The number of nitrogens with one attached hydrogen (secondary N) is 2. The van der Waals surface area contributed by atoms with Gasteiger partial charge < -0.3 is 15.7 Å². The number of amides is 1. The van der Waals surface area contributed by atoms with Crippen LogP contribution in [0.25, 0.3) is 11.8 Å². The molecule has 4 aromatic rings. The molecule has 35 heavy (non-hydrogen) atoms. The van der Waals surface area contributed by atoms with Gasteiger partial charge in [0.25, 0.3) is 0 Å². The number of carbonyl (C=O) groups is 2. The quantitative estimate of drug-likeness (QED) is 0.277. The van der Waals surface area contributed by atoms with Crippen molar-refractivity contribution >= 4 is 46.6 Å². The first-order chi connectivity index (χ1) is 17.0. The minimum atomic E-state index is -0.978. The molecule has 0 saturated heterocycles. The molecule has 0 spiro atoms. The summed E-state index contributed by atoms with van der Waals surface area (Å²) in [6.45, 7) is 0.455. The summed E-state index contributed by atoms with van der Waals surface area (Å²) in [7, 11) is 0. The molecule has 1 amide bonds. The maximum absolute atomic E-state index is 12.8. The number of halogens is 1. The highest BCUT2D eigenvalue weighted by molar-refractivity contribution is 7.09. The highest BCUT2D eigenvalue weighted by atomic mass is 35.5. The van der Waals surface area contributed by atoms with Crippen molar-refractivity contribution in [3.63, 3.8) is 0 Å². The van der Waals surface area contributed by atoms with Crippen LogP contribution in [-0.2, 0) is 11.2 Å². The Morgan fingerprint density at radius 3 is 2.69 bits per heavy atom. The zero-order valence-electron chi connectivity index (χ0n) is 18.3. The van der Waals surface area contributed by atoms with E-state index in [1.165, 1.54) is 29.2 Å². The van der Waals surface area contributed by atoms with E-state index in [0.717, 1.165) is 10.6 Å². The molecule has 2 aromatic heterocycles. The summed E-state index contributed by atoms with van der Waals surface area (Å²) in [4.78, 5) is 25.0. The van der Waals surface area contributed by atoms with E-state index in [4.69, 9.17) is 16.7 Å². The van der Waals surface area contributed by atoms with Crippen LogP contribution in [0, 0.1) is 0 Å². The number of anilines is 1. The second-order valence-electron chi connectivity index (χ2n) is 7.54. The zero-order valence-corrected chi connectivity index (χ0v) is 19.9. The molecule has 0 radical (unpaired) electrons. The molecule has 0 saturated carbocycles. The lowest BCUT2D eigenvalue weighted by Crippen LogP contribution is -2.40. The first-order valence-electron chi connectivity index (χ1n) is 10.6. The largest absolute Gasteiger partial charge is 0.478 e. The summed E-state index contributed by atoms with van der Waals surface area (Å²) in [6.07, 6.45) is 5.22. The number of nitrogens with zero attached hydrogens (tertiary/aromatic N) is 4. The molecular formula is C24H21ClN6O3S. The highest BCUT2D eigenvalue weighted by Gasteiger charge is 2.13. The molecule has 4 rings (SSSR count). The Hall–Kier alpha value is -4.02. The van der Waals surface area contributed by atoms with Gasteiger partial charge in [0.2, 0.25) is 5.91 Å². The van der Waals surface area contributed by atoms with Gasteiger partial charge in [-0.1, -0.05) is 17.7 Å². The number of carboxylic acid groups (broad SMARTS) is 1. The number of rotatable bonds is 10.